The predicted molar refractivity (Wildman–Crippen MR) is 90.6 cm³/mol. The highest BCUT2D eigenvalue weighted by molar-refractivity contribution is 7.09. The molecule has 0 spiro atoms. The van der Waals surface area contributed by atoms with Crippen molar-refractivity contribution < 1.29 is 0 Å². The fourth-order valence-corrected chi connectivity index (χ4v) is 2.97. The van der Waals surface area contributed by atoms with Crippen molar-refractivity contribution in [1.29, 1.82) is 0 Å². The van der Waals surface area contributed by atoms with Gasteiger partial charge in [0.15, 0.2) is 0 Å². The van der Waals surface area contributed by atoms with Gasteiger partial charge in [0.05, 0.1) is 10.7 Å². The summed E-state index contributed by atoms with van der Waals surface area (Å²) in [5.41, 5.74) is 2.79. The lowest BCUT2D eigenvalue weighted by Crippen LogP contribution is -2.20. The summed E-state index contributed by atoms with van der Waals surface area (Å²) < 4.78 is 0. The van der Waals surface area contributed by atoms with Gasteiger partial charge in [-0.25, -0.2) is 4.98 Å². The van der Waals surface area contributed by atoms with Crippen molar-refractivity contribution in [2.45, 2.75) is 59.8 Å². The maximum Gasteiger partial charge on any atom is 0.0968 e. The quantitative estimate of drug-likeness (QED) is 0.589. The third-order valence-electron chi connectivity index (χ3n) is 3.12. The molecule has 0 bridgehead atoms. The molecule has 1 aromatic rings. The minimum Gasteiger partial charge on any atom is -0.316 e. The molecule has 0 saturated heterocycles. The van der Waals surface area contributed by atoms with E-state index in [2.05, 4.69) is 58.3 Å². The highest BCUT2D eigenvalue weighted by Crippen LogP contribution is 2.24. The second-order valence-electron chi connectivity index (χ2n) is 6.99. The van der Waals surface area contributed by atoms with Crippen molar-refractivity contribution in [3.05, 3.63) is 27.7 Å². The Bertz CT molecular complexity index is 424. The van der Waals surface area contributed by atoms with E-state index in [1.165, 1.54) is 16.3 Å². The number of aromatic nitrogens is 1. The Balaban J connectivity index is 2.38. The number of hydrogen-bond donors (Lipinski definition) is 1. The van der Waals surface area contributed by atoms with Crippen LogP contribution in [0.2, 0.25) is 0 Å². The standard InChI is InChI=1S/C17H30N2S/c1-13(2)11-18-9-7-8-14(3)10-16-19-15(12-20-16)17(4,5)6/h8,12-13,18H,7,9-11H2,1-6H3. The number of thiazole rings is 1. The summed E-state index contributed by atoms with van der Waals surface area (Å²) >= 11 is 1.78. The van der Waals surface area contributed by atoms with Crippen LogP contribution in [0.5, 0.6) is 0 Å². The molecular weight excluding hydrogens is 264 g/mol. The Labute approximate surface area is 128 Å². The van der Waals surface area contributed by atoms with E-state index in [0.717, 1.165) is 31.8 Å². The molecule has 1 N–H and O–H groups in total. The van der Waals surface area contributed by atoms with Crippen LogP contribution >= 0.6 is 11.3 Å². The van der Waals surface area contributed by atoms with E-state index in [1.807, 2.05) is 0 Å². The average Bonchev–Trinajstić information content (AvgIpc) is 2.76. The lowest BCUT2D eigenvalue weighted by Gasteiger charge is -2.14. The van der Waals surface area contributed by atoms with Crippen LogP contribution in [0, 0.1) is 5.92 Å². The van der Waals surface area contributed by atoms with E-state index in [1.54, 1.807) is 11.3 Å². The zero-order chi connectivity index (χ0) is 15.2. The molecule has 20 heavy (non-hydrogen) atoms. The van der Waals surface area contributed by atoms with E-state index < -0.39 is 0 Å². The number of allylic oxidation sites excluding steroid dienone is 1. The number of hydrogen-bond acceptors (Lipinski definition) is 3. The van der Waals surface area contributed by atoms with Crippen LogP contribution in [0.15, 0.2) is 17.0 Å². The van der Waals surface area contributed by atoms with E-state index in [4.69, 9.17) is 4.98 Å². The van der Waals surface area contributed by atoms with E-state index in [9.17, 15) is 0 Å². The first-order chi connectivity index (χ1) is 9.29. The van der Waals surface area contributed by atoms with Crippen LogP contribution in [0.3, 0.4) is 0 Å². The predicted octanol–water partition coefficient (Wildman–Crippen LogP) is 4.57. The maximum atomic E-state index is 4.75. The molecule has 0 atom stereocenters. The second-order valence-corrected chi connectivity index (χ2v) is 7.93. The van der Waals surface area contributed by atoms with Gasteiger partial charge in [-0.2, -0.15) is 0 Å². The van der Waals surface area contributed by atoms with E-state index in [0.29, 0.717) is 0 Å². The first-order valence-corrected chi connectivity index (χ1v) is 8.48. The Kier molecular flexibility index (Phi) is 6.90. The molecule has 0 amide bonds. The molecule has 0 aliphatic rings. The van der Waals surface area contributed by atoms with Gasteiger partial charge in [0.1, 0.15) is 0 Å². The molecular formula is C17H30N2S. The normalized spacial score (nSPS) is 13.2. The lowest BCUT2D eigenvalue weighted by atomic mass is 9.93. The van der Waals surface area contributed by atoms with Gasteiger partial charge in [0.25, 0.3) is 0 Å². The zero-order valence-electron chi connectivity index (χ0n) is 13.9. The highest BCUT2D eigenvalue weighted by Gasteiger charge is 2.17. The van der Waals surface area contributed by atoms with Crippen molar-refractivity contribution in [2.24, 2.45) is 5.92 Å². The summed E-state index contributed by atoms with van der Waals surface area (Å²) in [5.74, 6) is 0.728. The summed E-state index contributed by atoms with van der Waals surface area (Å²) in [6.07, 6.45) is 4.44. The molecule has 3 heteroatoms. The van der Waals surface area contributed by atoms with Crippen LogP contribution < -0.4 is 5.32 Å². The first-order valence-electron chi connectivity index (χ1n) is 7.60. The number of nitrogens with zero attached hydrogens (tertiary/aromatic N) is 1. The lowest BCUT2D eigenvalue weighted by molar-refractivity contribution is 0.556. The molecule has 0 aromatic carbocycles. The van der Waals surface area contributed by atoms with E-state index >= 15 is 0 Å². The Morgan fingerprint density at radius 2 is 2.10 bits per heavy atom. The summed E-state index contributed by atoms with van der Waals surface area (Å²) in [5, 5.41) is 6.91. The average molecular weight is 295 g/mol. The van der Waals surface area contributed by atoms with Gasteiger partial charge in [0.2, 0.25) is 0 Å². The minimum absolute atomic E-state index is 0.160. The third-order valence-corrected chi connectivity index (χ3v) is 3.97. The molecule has 0 unspecified atom stereocenters. The Morgan fingerprint density at radius 1 is 1.40 bits per heavy atom. The summed E-state index contributed by atoms with van der Waals surface area (Å²) in [6, 6.07) is 0. The number of rotatable bonds is 7. The molecule has 0 aliphatic heterocycles. The topological polar surface area (TPSA) is 24.9 Å². The summed E-state index contributed by atoms with van der Waals surface area (Å²) in [7, 11) is 0. The zero-order valence-corrected chi connectivity index (χ0v) is 14.7. The third kappa shape index (κ3) is 6.67. The first kappa shape index (κ1) is 17.4. The molecule has 0 fully saturated rings. The molecule has 1 heterocycles. The summed E-state index contributed by atoms with van der Waals surface area (Å²) in [6.45, 7) is 15.5. The molecule has 0 saturated carbocycles. The Morgan fingerprint density at radius 3 is 2.65 bits per heavy atom. The van der Waals surface area contributed by atoms with Crippen LogP contribution in [0.4, 0.5) is 0 Å². The van der Waals surface area contributed by atoms with Gasteiger partial charge in [-0.05, 0) is 32.4 Å². The molecule has 1 rings (SSSR count). The van der Waals surface area contributed by atoms with Crippen LogP contribution in [-0.2, 0) is 11.8 Å². The fraction of sp³-hybridized carbons (Fsp3) is 0.706. The molecule has 0 radical (unpaired) electrons. The fourth-order valence-electron chi connectivity index (χ4n) is 1.86. The second kappa shape index (κ2) is 7.94. The van der Waals surface area contributed by atoms with Crippen molar-refractivity contribution in [1.82, 2.24) is 10.3 Å². The SMILES string of the molecule is CC(=CCCNCC(C)C)Cc1nc(C(C)(C)C)cs1. The summed E-state index contributed by atoms with van der Waals surface area (Å²) in [4.78, 5) is 4.75. The Hall–Kier alpha value is -0.670. The van der Waals surface area contributed by atoms with E-state index in [-0.39, 0.29) is 5.41 Å². The monoisotopic (exact) mass is 294 g/mol. The van der Waals surface area contributed by atoms with Crippen molar-refractivity contribution >= 4 is 11.3 Å². The molecule has 2 nitrogen and oxygen atoms in total. The molecule has 0 aliphatic carbocycles. The van der Waals surface area contributed by atoms with Gasteiger partial charge >= 0.3 is 0 Å². The number of nitrogens with one attached hydrogen (secondary N) is 1. The van der Waals surface area contributed by atoms with Gasteiger partial charge in [0, 0.05) is 17.2 Å². The van der Waals surface area contributed by atoms with Gasteiger partial charge in [-0.3, -0.25) is 0 Å². The molecule has 1 aromatic heterocycles. The van der Waals surface area contributed by atoms with Gasteiger partial charge < -0.3 is 5.32 Å². The van der Waals surface area contributed by atoms with Crippen molar-refractivity contribution in [3.8, 4) is 0 Å². The molecule has 114 valence electrons. The highest BCUT2D eigenvalue weighted by atomic mass is 32.1. The van der Waals surface area contributed by atoms with Crippen LogP contribution in [0.1, 0.15) is 58.7 Å². The van der Waals surface area contributed by atoms with Gasteiger partial charge in [-0.15, -0.1) is 11.3 Å². The maximum absolute atomic E-state index is 4.75. The van der Waals surface area contributed by atoms with Crippen molar-refractivity contribution in [3.63, 3.8) is 0 Å². The smallest absolute Gasteiger partial charge is 0.0968 e. The van der Waals surface area contributed by atoms with Crippen LogP contribution in [-0.4, -0.2) is 18.1 Å². The van der Waals surface area contributed by atoms with Crippen LogP contribution in [0.25, 0.3) is 0 Å². The van der Waals surface area contributed by atoms with Gasteiger partial charge in [-0.1, -0.05) is 46.3 Å². The minimum atomic E-state index is 0.160. The largest absolute Gasteiger partial charge is 0.316 e. The van der Waals surface area contributed by atoms with Crippen molar-refractivity contribution in [2.75, 3.05) is 13.1 Å².